The van der Waals surface area contributed by atoms with E-state index in [4.69, 9.17) is 14.1 Å². The summed E-state index contributed by atoms with van der Waals surface area (Å²) in [6.45, 7) is 0.409. The van der Waals surface area contributed by atoms with Crippen molar-refractivity contribution in [2.24, 2.45) is 4.99 Å². The van der Waals surface area contributed by atoms with Gasteiger partial charge in [-0.3, -0.25) is 9.69 Å². The summed E-state index contributed by atoms with van der Waals surface area (Å²) in [5.74, 6) is 1.30. The van der Waals surface area contributed by atoms with Crippen molar-refractivity contribution in [3.63, 3.8) is 0 Å². The number of aliphatic imine (C=N–C) groups is 1. The predicted octanol–water partition coefficient (Wildman–Crippen LogP) is 7.24. The molecule has 0 spiro atoms. The third-order valence-corrected chi connectivity index (χ3v) is 7.14. The van der Waals surface area contributed by atoms with Crippen LogP contribution >= 0.6 is 23.5 Å². The van der Waals surface area contributed by atoms with Crippen LogP contribution in [0, 0.1) is 0 Å². The molecule has 0 radical (unpaired) electrons. The van der Waals surface area contributed by atoms with Crippen molar-refractivity contribution < 1.29 is 13.9 Å². The Morgan fingerprint density at radius 2 is 1.66 bits per heavy atom. The van der Waals surface area contributed by atoms with Gasteiger partial charge in [-0.2, -0.15) is 0 Å². The van der Waals surface area contributed by atoms with Gasteiger partial charge >= 0.3 is 0 Å². The zero-order chi connectivity index (χ0) is 24.0. The molecule has 0 atom stereocenters. The maximum absolute atomic E-state index is 13.4. The van der Waals surface area contributed by atoms with Gasteiger partial charge in [0, 0.05) is 11.0 Å². The number of amidine groups is 1. The second-order valence-electron chi connectivity index (χ2n) is 7.65. The summed E-state index contributed by atoms with van der Waals surface area (Å²) in [4.78, 5) is 21.5. The minimum atomic E-state index is -0.103. The van der Waals surface area contributed by atoms with E-state index in [0.717, 1.165) is 27.0 Å². The Morgan fingerprint density at radius 1 is 0.943 bits per heavy atom. The second-order valence-corrected chi connectivity index (χ2v) is 9.74. The van der Waals surface area contributed by atoms with E-state index in [-0.39, 0.29) is 5.91 Å². The molecule has 2 heterocycles. The number of nitrogens with zero attached hydrogens (tertiary/aromatic N) is 2. The molecule has 1 aliphatic rings. The fourth-order valence-electron chi connectivity index (χ4n) is 3.46. The van der Waals surface area contributed by atoms with Gasteiger partial charge in [0.2, 0.25) is 0 Å². The van der Waals surface area contributed by atoms with Crippen LogP contribution in [0.5, 0.6) is 5.75 Å². The van der Waals surface area contributed by atoms with Crippen LogP contribution in [-0.4, -0.2) is 23.1 Å². The summed E-state index contributed by atoms with van der Waals surface area (Å²) >= 11 is 2.90. The molecule has 0 aliphatic carbocycles. The topological polar surface area (TPSA) is 55.0 Å². The third kappa shape index (κ3) is 5.70. The average molecular weight is 499 g/mol. The summed E-state index contributed by atoms with van der Waals surface area (Å²) in [5, 5.41) is 1.40. The van der Waals surface area contributed by atoms with Crippen LogP contribution in [0.25, 0.3) is 6.08 Å². The maximum Gasteiger partial charge on any atom is 0.267 e. The van der Waals surface area contributed by atoms with Gasteiger partial charge in [-0.15, -0.1) is 0 Å². The van der Waals surface area contributed by atoms with Crippen molar-refractivity contribution >= 4 is 46.4 Å². The van der Waals surface area contributed by atoms with Crippen LogP contribution < -0.4 is 4.74 Å². The molecule has 7 heteroatoms. The molecular formula is C28H22N2O3S2. The molecule has 1 aromatic heterocycles. The molecule has 5 rings (SSSR count). The number of rotatable bonds is 7. The molecule has 4 aromatic rings. The number of furan rings is 1. The highest BCUT2D eigenvalue weighted by atomic mass is 32.2. The number of carbonyl (C=O) groups is 1. The van der Waals surface area contributed by atoms with Gasteiger partial charge in [0.05, 0.1) is 24.2 Å². The number of methoxy groups -OCH3 is 1. The fourth-order valence-corrected chi connectivity index (χ4v) is 5.24. The number of amides is 1. The molecule has 3 aromatic carbocycles. The van der Waals surface area contributed by atoms with Crippen molar-refractivity contribution in [3.05, 3.63) is 113 Å². The van der Waals surface area contributed by atoms with Gasteiger partial charge in [0.15, 0.2) is 10.3 Å². The number of thioether (sulfide) groups is 1. The van der Waals surface area contributed by atoms with E-state index >= 15 is 0 Å². The minimum Gasteiger partial charge on any atom is -0.497 e. The first-order valence-electron chi connectivity index (χ1n) is 11.0. The average Bonchev–Trinajstić information content (AvgIpc) is 3.45. The highest BCUT2D eigenvalue weighted by molar-refractivity contribution is 8.18. The molecular weight excluding hydrogens is 476 g/mol. The molecule has 0 saturated carbocycles. The molecule has 174 valence electrons. The van der Waals surface area contributed by atoms with E-state index in [1.807, 2.05) is 97.1 Å². The quantitative estimate of drug-likeness (QED) is 0.251. The van der Waals surface area contributed by atoms with Gasteiger partial charge in [0.1, 0.15) is 11.5 Å². The number of hydrogen-bond acceptors (Lipinski definition) is 6. The van der Waals surface area contributed by atoms with Gasteiger partial charge in [0.25, 0.3) is 5.91 Å². The first kappa shape index (κ1) is 23.1. The number of ether oxygens (including phenoxy) is 1. The van der Waals surface area contributed by atoms with Gasteiger partial charge in [-0.1, -0.05) is 60.3 Å². The van der Waals surface area contributed by atoms with E-state index in [2.05, 4.69) is 0 Å². The maximum atomic E-state index is 13.4. The highest BCUT2D eigenvalue weighted by Crippen LogP contribution is 2.36. The van der Waals surface area contributed by atoms with Crippen molar-refractivity contribution in [2.45, 2.75) is 16.5 Å². The monoisotopic (exact) mass is 498 g/mol. The minimum absolute atomic E-state index is 0.103. The zero-order valence-corrected chi connectivity index (χ0v) is 20.6. The Kier molecular flexibility index (Phi) is 7.07. The summed E-state index contributed by atoms with van der Waals surface area (Å²) in [7, 11) is 1.63. The number of carbonyl (C=O) groups excluding carboxylic acids is 1. The van der Waals surface area contributed by atoms with Crippen LogP contribution in [0.2, 0.25) is 0 Å². The Hall–Kier alpha value is -3.68. The standard InChI is InChI=1S/C28H22N2O3S2/c1-32-22-14-12-20(13-15-22)19-30-27(31)25(35-28(30)29-21-8-4-2-5-9-21)18-23-16-17-26(33-23)34-24-10-6-3-7-11-24/h2-18H,19H2,1H3/b25-18-,29-28?. The molecule has 0 unspecified atom stereocenters. The van der Waals surface area contributed by atoms with Gasteiger partial charge in [-0.05, 0) is 65.9 Å². The molecule has 1 aliphatic heterocycles. The number of hydrogen-bond donors (Lipinski definition) is 0. The lowest BCUT2D eigenvalue weighted by atomic mass is 10.2. The number of benzene rings is 3. The lowest BCUT2D eigenvalue weighted by Crippen LogP contribution is -2.28. The lowest BCUT2D eigenvalue weighted by Gasteiger charge is -2.16. The van der Waals surface area contributed by atoms with E-state index in [1.165, 1.54) is 11.8 Å². The normalized spacial score (nSPS) is 15.8. The molecule has 0 N–H and O–H groups in total. The first-order chi connectivity index (χ1) is 17.2. The smallest absolute Gasteiger partial charge is 0.267 e. The molecule has 0 bridgehead atoms. The first-order valence-corrected chi connectivity index (χ1v) is 12.6. The van der Waals surface area contributed by atoms with Crippen LogP contribution in [-0.2, 0) is 11.3 Å². The molecule has 35 heavy (non-hydrogen) atoms. The Morgan fingerprint density at radius 3 is 2.37 bits per heavy atom. The van der Waals surface area contributed by atoms with Crippen molar-refractivity contribution in [2.75, 3.05) is 7.11 Å². The Bertz CT molecular complexity index is 1360. The van der Waals surface area contributed by atoms with Crippen LogP contribution in [0.4, 0.5) is 5.69 Å². The summed E-state index contributed by atoms with van der Waals surface area (Å²) < 4.78 is 11.2. The molecule has 1 fully saturated rings. The van der Waals surface area contributed by atoms with E-state index in [0.29, 0.717) is 22.4 Å². The Labute approximate surface area is 212 Å². The Balaban J connectivity index is 1.41. The van der Waals surface area contributed by atoms with Crippen LogP contribution in [0.3, 0.4) is 0 Å². The largest absolute Gasteiger partial charge is 0.497 e. The molecule has 5 nitrogen and oxygen atoms in total. The predicted molar refractivity (Wildman–Crippen MR) is 142 cm³/mol. The highest BCUT2D eigenvalue weighted by Gasteiger charge is 2.33. The summed E-state index contributed by atoms with van der Waals surface area (Å²) in [6.07, 6.45) is 1.79. The zero-order valence-electron chi connectivity index (χ0n) is 19.0. The van der Waals surface area contributed by atoms with Crippen LogP contribution in [0.1, 0.15) is 11.3 Å². The molecule has 1 amide bonds. The lowest BCUT2D eigenvalue weighted by molar-refractivity contribution is -0.122. The van der Waals surface area contributed by atoms with Gasteiger partial charge in [-0.25, -0.2) is 4.99 Å². The van der Waals surface area contributed by atoms with E-state index < -0.39 is 0 Å². The van der Waals surface area contributed by atoms with Crippen molar-refractivity contribution in [1.82, 2.24) is 4.90 Å². The summed E-state index contributed by atoms with van der Waals surface area (Å²) in [6, 6.07) is 31.2. The summed E-state index contributed by atoms with van der Waals surface area (Å²) in [5.41, 5.74) is 1.78. The number of para-hydroxylation sites is 1. The van der Waals surface area contributed by atoms with E-state index in [1.54, 1.807) is 29.8 Å². The van der Waals surface area contributed by atoms with Gasteiger partial charge < -0.3 is 9.15 Å². The van der Waals surface area contributed by atoms with Crippen molar-refractivity contribution in [3.8, 4) is 5.75 Å². The third-order valence-electron chi connectivity index (χ3n) is 5.21. The second kappa shape index (κ2) is 10.7. The van der Waals surface area contributed by atoms with Crippen molar-refractivity contribution in [1.29, 1.82) is 0 Å². The molecule has 1 saturated heterocycles. The SMILES string of the molecule is COc1ccc(CN2C(=O)/C(=C/c3ccc(Sc4ccccc4)o3)SC2=Nc2ccccc2)cc1. The van der Waals surface area contributed by atoms with E-state index in [9.17, 15) is 4.79 Å². The van der Waals surface area contributed by atoms with Crippen LogP contribution in [0.15, 0.2) is 121 Å². The fraction of sp³-hybridized carbons (Fsp3) is 0.0714.